The number of hydrogen-bond donors (Lipinski definition) is 0. The zero-order valence-corrected chi connectivity index (χ0v) is 17.9. The molecule has 0 bridgehead atoms. The Bertz CT molecular complexity index is 1010. The van der Waals surface area contributed by atoms with Crippen molar-refractivity contribution in [2.75, 3.05) is 7.11 Å². The summed E-state index contributed by atoms with van der Waals surface area (Å²) >= 11 is 5.74. The number of ether oxygens (including phenoxy) is 2. The first kappa shape index (κ1) is 21.7. The van der Waals surface area contributed by atoms with Gasteiger partial charge in [-0.25, -0.2) is 4.39 Å². The number of Topliss-reactive ketones (excluding diaryl/α,β-unsaturated/α-hetero) is 1. The molecule has 0 spiro atoms. The molecule has 0 amide bonds. The van der Waals surface area contributed by atoms with Gasteiger partial charge in [-0.05, 0) is 73.5 Å². The first-order valence-corrected chi connectivity index (χ1v) is 10.0. The predicted octanol–water partition coefficient (Wildman–Crippen LogP) is 6.01. The van der Waals surface area contributed by atoms with Crippen molar-refractivity contribution < 1.29 is 18.7 Å². The first-order chi connectivity index (χ1) is 14.4. The van der Waals surface area contributed by atoms with Crippen LogP contribution in [0.25, 0.3) is 0 Å². The molecule has 154 valence electrons. The Morgan fingerprint density at radius 3 is 1.90 bits per heavy atom. The average molecular weight is 423 g/mol. The van der Waals surface area contributed by atoms with Gasteiger partial charge in [0.25, 0.3) is 0 Å². The Hall–Kier alpha value is -3.05. The van der Waals surface area contributed by atoms with E-state index in [-0.39, 0.29) is 11.9 Å². The number of ketones is 1. The summed E-state index contributed by atoms with van der Waals surface area (Å²) in [6.45, 7) is 3.90. The van der Waals surface area contributed by atoms with Gasteiger partial charge in [-0.2, -0.15) is 0 Å². The Morgan fingerprint density at radius 2 is 1.37 bits per heavy atom. The Balaban J connectivity index is 1.99. The minimum atomic E-state index is -0.688. The van der Waals surface area contributed by atoms with Gasteiger partial charge in [-0.3, -0.25) is 4.79 Å². The van der Waals surface area contributed by atoms with Gasteiger partial charge in [-0.1, -0.05) is 36.5 Å². The van der Waals surface area contributed by atoms with E-state index in [4.69, 9.17) is 21.7 Å². The van der Waals surface area contributed by atoms with E-state index in [2.05, 4.69) is 0 Å². The molecule has 30 heavy (non-hydrogen) atoms. The molecule has 3 nitrogen and oxygen atoms in total. The van der Waals surface area contributed by atoms with E-state index in [1.807, 2.05) is 50.2 Å². The zero-order chi connectivity index (χ0) is 21.7. The van der Waals surface area contributed by atoms with Crippen molar-refractivity contribution in [1.82, 2.24) is 0 Å². The summed E-state index contributed by atoms with van der Waals surface area (Å²) in [5, 5.41) is 0. The number of methoxy groups -OCH3 is 1. The van der Waals surface area contributed by atoms with Crippen LogP contribution in [0.15, 0.2) is 72.8 Å². The first-order valence-electron chi connectivity index (χ1n) is 9.63. The van der Waals surface area contributed by atoms with Crippen LogP contribution in [-0.2, 0) is 0 Å². The van der Waals surface area contributed by atoms with Crippen molar-refractivity contribution >= 4 is 22.9 Å². The third-order valence-electron chi connectivity index (χ3n) is 4.61. The van der Waals surface area contributed by atoms with Gasteiger partial charge in [0.2, 0.25) is 0 Å². The highest BCUT2D eigenvalue weighted by atomic mass is 32.1. The van der Waals surface area contributed by atoms with Crippen molar-refractivity contribution in [2.45, 2.75) is 25.9 Å². The van der Waals surface area contributed by atoms with Crippen molar-refractivity contribution in [3.8, 4) is 11.5 Å². The molecule has 1 atom stereocenters. The van der Waals surface area contributed by atoms with Crippen LogP contribution < -0.4 is 9.47 Å². The molecule has 0 aliphatic heterocycles. The van der Waals surface area contributed by atoms with Gasteiger partial charge in [0, 0.05) is 10.4 Å². The van der Waals surface area contributed by atoms with Crippen molar-refractivity contribution in [2.24, 2.45) is 0 Å². The molecule has 0 aromatic heterocycles. The Kier molecular flexibility index (Phi) is 6.95. The normalized spacial score (nSPS) is 11.8. The second-order valence-electron chi connectivity index (χ2n) is 7.13. The Morgan fingerprint density at radius 1 is 0.833 bits per heavy atom. The highest BCUT2D eigenvalue weighted by Gasteiger charge is 2.27. The van der Waals surface area contributed by atoms with Crippen LogP contribution in [0.3, 0.4) is 0 Å². The topological polar surface area (TPSA) is 35.5 Å². The van der Waals surface area contributed by atoms with Crippen molar-refractivity contribution in [3.05, 3.63) is 95.3 Å². The summed E-state index contributed by atoms with van der Waals surface area (Å²) in [6, 6.07) is 20.2. The SMILES string of the molecule is COc1ccc(C(=S)C(C(=O)c2ccc(F)cc2)c2ccc(OC(C)C)cc2)cc1. The molecule has 0 heterocycles. The lowest BCUT2D eigenvalue weighted by Crippen LogP contribution is -2.22. The fourth-order valence-corrected chi connectivity index (χ4v) is 3.51. The monoisotopic (exact) mass is 422 g/mol. The number of benzene rings is 3. The molecule has 0 saturated carbocycles. The Labute approximate surface area is 181 Å². The molecular weight excluding hydrogens is 399 g/mol. The number of hydrogen-bond acceptors (Lipinski definition) is 4. The number of carbonyl (C=O) groups excluding carboxylic acids is 1. The van der Waals surface area contributed by atoms with Gasteiger partial charge >= 0.3 is 0 Å². The molecule has 0 aliphatic rings. The lowest BCUT2D eigenvalue weighted by atomic mass is 9.85. The molecule has 0 N–H and O–H groups in total. The van der Waals surface area contributed by atoms with Crippen LogP contribution >= 0.6 is 12.2 Å². The third-order valence-corrected chi connectivity index (χ3v) is 5.08. The van der Waals surface area contributed by atoms with Gasteiger partial charge in [0.05, 0.1) is 19.1 Å². The molecule has 3 rings (SSSR count). The molecular formula is C25H23FO3S. The van der Waals surface area contributed by atoms with E-state index >= 15 is 0 Å². The lowest BCUT2D eigenvalue weighted by Gasteiger charge is -2.19. The van der Waals surface area contributed by atoms with Gasteiger partial charge in [-0.15, -0.1) is 0 Å². The summed E-state index contributed by atoms with van der Waals surface area (Å²) in [6.07, 6.45) is 0.0490. The maximum absolute atomic E-state index is 13.4. The standard InChI is InChI=1S/C25H23FO3S/c1-16(2)29-22-14-6-17(7-15-22)23(24(27)18-4-10-20(26)11-5-18)25(30)19-8-12-21(28-3)13-9-19/h4-16,23H,1-3H3. The molecule has 5 heteroatoms. The van der Waals surface area contributed by atoms with Crippen LogP contribution in [-0.4, -0.2) is 23.9 Å². The summed E-state index contributed by atoms with van der Waals surface area (Å²) in [5.74, 6) is 0.159. The van der Waals surface area contributed by atoms with Gasteiger partial charge < -0.3 is 9.47 Å². The molecule has 0 saturated heterocycles. The highest BCUT2D eigenvalue weighted by molar-refractivity contribution is 7.81. The van der Waals surface area contributed by atoms with E-state index in [0.717, 1.165) is 16.9 Å². The maximum Gasteiger partial charge on any atom is 0.175 e. The van der Waals surface area contributed by atoms with Crippen LogP contribution in [0.2, 0.25) is 0 Å². The average Bonchev–Trinajstić information content (AvgIpc) is 2.75. The van der Waals surface area contributed by atoms with Crippen LogP contribution in [0.4, 0.5) is 4.39 Å². The molecule has 0 aliphatic carbocycles. The van der Waals surface area contributed by atoms with Crippen LogP contribution in [0, 0.1) is 5.82 Å². The van der Waals surface area contributed by atoms with E-state index in [0.29, 0.717) is 16.2 Å². The fourth-order valence-electron chi connectivity index (χ4n) is 3.14. The van der Waals surface area contributed by atoms with Crippen molar-refractivity contribution in [1.29, 1.82) is 0 Å². The van der Waals surface area contributed by atoms with Crippen LogP contribution in [0.1, 0.15) is 41.3 Å². The molecule has 1 unspecified atom stereocenters. The number of rotatable bonds is 8. The maximum atomic E-state index is 13.4. The van der Waals surface area contributed by atoms with Crippen LogP contribution in [0.5, 0.6) is 11.5 Å². The second-order valence-corrected chi connectivity index (χ2v) is 7.57. The largest absolute Gasteiger partial charge is 0.497 e. The number of carbonyl (C=O) groups is 1. The molecule has 0 fully saturated rings. The molecule has 0 radical (unpaired) electrons. The molecule has 3 aromatic rings. The van der Waals surface area contributed by atoms with E-state index < -0.39 is 11.7 Å². The summed E-state index contributed by atoms with van der Waals surface area (Å²) in [7, 11) is 1.59. The predicted molar refractivity (Wildman–Crippen MR) is 120 cm³/mol. The highest BCUT2D eigenvalue weighted by Crippen LogP contribution is 2.29. The minimum absolute atomic E-state index is 0.0490. The fraction of sp³-hybridized carbons (Fsp3) is 0.200. The quantitative estimate of drug-likeness (QED) is 0.329. The smallest absolute Gasteiger partial charge is 0.175 e. The summed E-state index contributed by atoms with van der Waals surface area (Å²) in [4.78, 5) is 13.9. The molecule has 3 aromatic carbocycles. The van der Waals surface area contributed by atoms with Crippen molar-refractivity contribution in [3.63, 3.8) is 0 Å². The minimum Gasteiger partial charge on any atom is -0.497 e. The zero-order valence-electron chi connectivity index (χ0n) is 17.1. The van der Waals surface area contributed by atoms with E-state index in [1.54, 1.807) is 19.2 Å². The third kappa shape index (κ3) is 5.10. The van der Waals surface area contributed by atoms with Gasteiger partial charge in [0.1, 0.15) is 17.3 Å². The summed E-state index contributed by atoms with van der Waals surface area (Å²) in [5.41, 5.74) is 1.91. The lowest BCUT2D eigenvalue weighted by molar-refractivity contribution is 0.0983. The number of thiocarbonyl (C=S) groups is 1. The second kappa shape index (κ2) is 9.63. The van der Waals surface area contributed by atoms with E-state index in [1.165, 1.54) is 24.3 Å². The van der Waals surface area contributed by atoms with Gasteiger partial charge in [0.15, 0.2) is 5.78 Å². The number of halogens is 1. The summed E-state index contributed by atoms with van der Waals surface area (Å²) < 4.78 is 24.3. The van der Waals surface area contributed by atoms with E-state index in [9.17, 15) is 9.18 Å².